The highest BCUT2D eigenvalue weighted by Crippen LogP contribution is 2.23. The number of halogens is 1. The van der Waals surface area contributed by atoms with Crippen LogP contribution in [-0.2, 0) is 4.79 Å². The van der Waals surface area contributed by atoms with Crippen molar-refractivity contribution in [2.75, 3.05) is 4.90 Å². The van der Waals surface area contributed by atoms with Crippen LogP contribution in [0.3, 0.4) is 0 Å². The van der Waals surface area contributed by atoms with Crippen LogP contribution in [-0.4, -0.2) is 18.0 Å². The summed E-state index contributed by atoms with van der Waals surface area (Å²) in [6.07, 6.45) is 0.325. The van der Waals surface area contributed by atoms with Crippen molar-refractivity contribution >= 4 is 29.2 Å². The fourth-order valence-corrected chi connectivity index (χ4v) is 2.05. The summed E-state index contributed by atoms with van der Waals surface area (Å²) in [5.74, 6) is 0.0602. The molecule has 0 spiro atoms. The molecule has 2 rings (SSSR count). The molecule has 1 aromatic rings. The van der Waals surface area contributed by atoms with Gasteiger partial charge in [-0.05, 0) is 30.2 Å². The van der Waals surface area contributed by atoms with E-state index in [0.717, 1.165) is 4.90 Å². The summed E-state index contributed by atoms with van der Waals surface area (Å²) in [5.41, 5.74) is 0.545. The van der Waals surface area contributed by atoms with E-state index in [1.54, 1.807) is 24.3 Å². The highest BCUT2D eigenvalue weighted by Gasteiger charge is 2.34. The third-order valence-electron chi connectivity index (χ3n) is 3.05. The topological polar surface area (TPSA) is 49.4 Å². The first-order valence-electron chi connectivity index (χ1n) is 5.88. The summed E-state index contributed by atoms with van der Waals surface area (Å²) >= 11 is 5.78. The zero-order valence-corrected chi connectivity index (χ0v) is 11.1. The summed E-state index contributed by atoms with van der Waals surface area (Å²) in [4.78, 5) is 25.2. The van der Waals surface area contributed by atoms with Gasteiger partial charge in [0.25, 0.3) is 0 Å². The van der Waals surface area contributed by atoms with Crippen molar-refractivity contribution in [3.63, 3.8) is 0 Å². The van der Waals surface area contributed by atoms with E-state index in [4.69, 9.17) is 11.6 Å². The van der Waals surface area contributed by atoms with E-state index in [0.29, 0.717) is 17.1 Å². The van der Waals surface area contributed by atoms with Crippen LogP contribution in [0.1, 0.15) is 20.3 Å². The van der Waals surface area contributed by atoms with Crippen molar-refractivity contribution in [1.29, 1.82) is 0 Å². The van der Waals surface area contributed by atoms with Gasteiger partial charge in [0.15, 0.2) is 0 Å². The summed E-state index contributed by atoms with van der Waals surface area (Å²) in [6.45, 7) is 3.96. The van der Waals surface area contributed by atoms with Gasteiger partial charge in [-0.25, -0.2) is 9.69 Å². The number of hydrogen-bond donors (Lipinski definition) is 1. The van der Waals surface area contributed by atoms with Gasteiger partial charge in [-0.15, -0.1) is 0 Å². The molecule has 1 unspecified atom stereocenters. The Bertz CT molecular complexity index is 452. The van der Waals surface area contributed by atoms with Gasteiger partial charge in [-0.1, -0.05) is 25.4 Å². The SMILES string of the molecule is CC(C)C1CC(=O)N(c2ccc(Cl)cc2)C(=O)N1. The van der Waals surface area contributed by atoms with Gasteiger partial charge >= 0.3 is 6.03 Å². The zero-order valence-electron chi connectivity index (χ0n) is 10.3. The lowest BCUT2D eigenvalue weighted by molar-refractivity contribution is -0.119. The van der Waals surface area contributed by atoms with Gasteiger partial charge in [0, 0.05) is 17.5 Å². The van der Waals surface area contributed by atoms with E-state index in [1.807, 2.05) is 13.8 Å². The Kier molecular flexibility index (Phi) is 3.57. The number of anilines is 1. The number of carbonyl (C=O) groups is 2. The molecule has 1 fully saturated rings. The Balaban J connectivity index is 2.22. The number of carbonyl (C=O) groups excluding carboxylic acids is 2. The largest absolute Gasteiger partial charge is 0.334 e. The third kappa shape index (κ3) is 2.48. The number of amides is 3. The molecule has 0 aliphatic carbocycles. The highest BCUT2D eigenvalue weighted by molar-refractivity contribution is 6.30. The number of nitrogens with one attached hydrogen (secondary N) is 1. The van der Waals surface area contributed by atoms with Crippen molar-refractivity contribution in [3.8, 4) is 0 Å². The lowest BCUT2D eigenvalue weighted by atomic mass is 9.98. The molecule has 1 aliphatic heterocycles. The molecule has 1 N–H and O–H groups in total. The summed E-state index contributed by atoms with van der Waals surface area (Å²) in [6, 6.07) is 6.18. The monoisotopic (exact) mass is 266 g/mol. The standard InChI is InChI=1S/C13H15ClN2O2/c1-8(2)11-7-12(17)16(13(18)15-11)10-5-3-9(14)4-6-10/h3-6,8,11H,7H2,1-2H3,(H,15,18). The molecule has 0 saturated carbocycles. The number of rotatable bonds is 2. The van der Waals surface area contributed by atoms with Gasteiger partial charge < -0.3 is 5.32 Å². The minimum Gasteiger partial charge on any atom is -0.334 e. The molecule has 0 aromatic heterocycles. The summed E-state index contributed by atoms with van der Waals surface area (Å²) < 4.78 is 0. The molecule has 4 nitrogen and oxygen atoms in total. The zero-order chi connectivity index (χ0) is 13.3. The number of hydrogen-bond acceptors (Lipinski definition) is 2. The van der Waals surface area contributed by atoms with Crippen LogP contribution in [0.4, 0.5) is 10.5 Å². The molecule has 0 bridgehead atoms. The molecule has 1 heterocycles. The smallest absolute Gasteiger partial charge is 0.328 e. The first-order valence-corrected chi connectivity index (χ1v) is 6.26. The van der Waals surface area contributed by atoms with Gasteiger partial charge in [0.1, 0.15) is 0 Å². The van der Waals surface area contributed by atoms with Gasteiger partial charge in [0.05, 0.1) is 5.69 Å². The molecule has 96 valence electrons. The van der Waals surface area contributed by atoms with Crippen LogP contribution >= 0.6 is 11.6 Å². The fourth-order valence-electron chi connectivity index (χ4n) is 1.92. The van der Waals surface area contributed by atoms with E-state index in [-0.39, 0.29) is 23.9 Å². The van der Waals surface area contributed by atoms with E-state index in [9.17, 15) is 9.59 Å². The van der Waals surface area contributed by atoms with Crippen LogP contribution in [0.5, 0.6) is 0 Å². The molecule has 1 aromatic carbocycles. The Labute approximate surface area is 111 Å². The molecule has 5 heteroatoms. The lowest BCUT2D eigenvalue weighted by Crippen LogP contribution is -2.56. The van der Waals surface area contributed by atoms with Gasteiger partial charge in [0.2, 0.25) is 5.91 Å². The molecule has 18 heavy (non-hydrogen) atoms. The Morgan fingerprint density at radius 2 is 1.89 bits per heavy atom. The first-order chi connectivity index (χ1) is 8.49. The lowest BCUT2D eigenvalue weighted by Gasteiger charge is -2.33. The second kappa shape index (κ2) is 4.98. The molecular weight excluding hydrogens is 252 g/mol. The van der Waals surface area contributed by atoms with Crippen molar-refractivity contribution in [3.05, 3.63) is 29.3 Å². The molecule has 1 saturated heterocycles. The average molecular weight is 267 g/mol. The van der Waals surface area contributed by atoms with Crippen molar-refractivity contribution in [2.45, 2.75) is 26.3 Å². The summed E-state index contributed by atoms with van der Waals surface area (Å²) in [7, 11) is 0. The van der Waals surface area contributed by atoms with Gasteiger partial charge in [-0.2, -0.15) is 0 Å². The second-order valence-electron chi connectivity index (χ2n) is 4.71. The molecular formula is C13H15ClN2O2. The maximum atomic E-state index is 12.0. The van der Waals surface area contributed by atoms with E-state index in [1.165, 1.54) is 0 Å². The Morgan fingerprint density at radius 3 is 2.39 bits per heavy atom. The van der Waals surface area contributed by atoms with Crippen LogP contribution < -0.4 is 10.2 Å². The molecule has 0 radical (unpaired) electrons. The van der Waals surface area contributed by atoms with Crippen molar-refractivity contribution in [1.82, 2.24) is 5.32 Å². The quantitative estimate of drug-likeness (QED) is 0.895. The maximum Gasteiger partial charge on any atom is 0.328 e. The number of nitrogens with zero attached hydrogens (tertiary/aromatic N) is 1. The highest BCUT2D eigenvalue weighted by atomic mass is 35.5. The van der Waals surface area contributed by atoms with Crippen molar-refractivity contribution < 1.29 is 9.59 Å². The van der Waals surface area contributed by atoms with Crippen LogP contribution in [0.15, 0.2) is 24.3 Å². The van der Waals surface area contributed by atoms with E-state index < -0.39 is 0 Å². The van der Waals surface area contributed by atoms with E-state index in [2.05, 4.69) is 5.32 Å². The first kappa shape index (κ1) is 12.9. The number of urea groups is 1. The second-order valence-corrected chi connectivity index (χ2v) is 5.15. The summed E-state index contributed by atoms with van der Waals surface area (Å²) in [5, 5.41) is 3.42. The predicted molar refractivity (Wildman–Crippen MR) is 70.7 cm³/mol. The fraction of sp³-hybridized carbons (Fsp3) is 0.385. The Morgan fingerprint density at radius 1 is 1.28 bits per heavy atom. The molecule has 3 amide bonds. The van der Waals surface area contributed by atoms with Crippen molar-refractivity contribution in [2.24, 2.45) is 5.92 Å². The molecule has 1 atom stereocenters. The Hall–Kier alpha value is -1.55. The predicted octanol–water partition coefficient (Wildman–Crippen LogP) is 2.81. The third-order valence-corrected chi connectivity index (χ3v) is 3.30. The van der Waals surface area contributed by atoms with Crippen LogP contribution in [0.25, 0.3) is 0 Å². The van der Waals surface area contributed by atoms with E-state index >= 15 is 0 Å². The average Bonchev–Trinajstić information content (AvgIpc) is 2.30. The van der Waals surface area contributed by atoms with Crippen LogP contribution in [0, 0.1) is 5.92 Å². The van der Waals surface area contributed by atoms with Gasteiger partial charge in [-0.3, -0.25) is 4.79 Å². The maximum absolute atomic E-state index is 12.0. The molecule has 1 aliphatic rings. The minimum absolute atomic E-state index is 0.0893. The normalized spacial score (nSPS) is 20.2. The number of benzene rings is 1. The minimum atomic E-state index is -0.368. The van der Waals surface area contributed by atoms with Crippen LogP contribution in [0.2, 0.25) is 5.02 Å². The number of imide groups is 1.